The van der Waals surface area contributed by atoms with Gasteiger partial charge in [0.05, 0.1) is 17.3 Å². The van der Waals surface area contributed by atoms with Crippen LogP contribution in [0.3, 0.4) is 0 Å². The van der Waals surface area contributed by atoms with E-state index in [4.69, 9.17) is 10.4 Å². The molecule has 1 heterocycles. The maximum absolute atomic E-state index is 10.9. The lowest BCUT2D eigenvalue weighted by atomic mass is 10.1. The molecule has 0 aliphatic carbocycles. The minimum Gasteiger partial charge on any atom is -0.371 e. The Bertz CT molecular complexity index is 1040. The van der Waals surface area contributed by atoms with Crippen LogP contribution in [0, 0.1) is 11.3 Å². The molecule has 0 spiro atoms. The fourth-order valence-electron chi connectivity index (χ4n) is 2.68. The summed E-state index contributed by atoms with van der Waals surface area (Å²) in [6.07, 6.45) is 4.80. The van der Waals surface area contributed by atoms with Crippen molar-refractivity contribution in [1.82, 2.24) is 14.9 Å². The number of hydrogen-bond acceptors (Lipinski definition) is 7. The normalized spacial score (nSPS) is 11.0. The van der Waals surface area contributed by atoms with Crippen molar-refractivity contribution in [3.05, 3.63) is 72.3 Å². The predicted octanol–water partition coefficient (Wildman–Crippen LogP) is 1.63. The predicted molar refractivity (Wildman–Crippen MR) is 102 cm³/mol. The van der Waals surface area contributed by atoms with Crippen LogP contribution < -0.4 is 14.3 Å². The molecule has 144 valence electrons. The van der Waals surface area contributed by atoms with Crippen molar-refractivity contribution in [2.75, 3.05) is 11.6 Å². The largest absolute Gasteiger partial charge is 0.380 e. The summed E-state index contributed by atoms with van der Waals surface area (Å²) in [7, 11) is -4.02. The Hall–Kier alpha value is -3.42. The van der Waals surface area contributed by atoms with E-state index in [1.54, 1.807) is 53.7 Å². The van der Waals surface area contributed by atoms with E-state index in [0.717, 1.165) is 24.1 Å². The molecule has 0 bridgehead atoms. The van der Waals surface area contributed by atoms with Gasteiger partial charge in [-0.15, -0.1) is 10.2 Å². The molecule has 2 aromatic carbocycles. The molecule has 0 saturated carbocycles. The van der Waals surface area contributed by atoms with Crippen LogP contribution in [-0.2, 0) is 16.7 Å². The van der Waals surface area contributed by atoms with E-state index in [-0.39, 0.29) is 5.75 Å². The number of aryl methyl sites for hydroxylation is 1. The third-order valence-electron chi connectivity index (χ3n) is 3.95. The highest BCUT2D eigenvalue weighted by molar-refractivity contribution is 7.84. The van der Waals surface area contributed by atoms with Crippen LogP contribution in [0.1, 0.15) is 17.5 Å². The van der Waals surface area contributed by atoms with Crippen molar-refractivity contribution in [3.63, 3.8) is 0 Å². The van der Waals surface area contributed by atoms with Crippen LogP contribution in [-0.4, -0.2) is 29.8 Å². The molecule has 3 rings (SSSR count). The SMILES string of the molecule is N#Cc1ccc(N(CCCc2ccc(OS(N)(=O)=O)cc2)n2cnnc2)cc1. The van der Waals surface area contributed by atoms with E-state index in [2.05, 4.69) is 20.4 Å². The summed E-state index contributed by atoms with van der Waals surface area (Å²) in [6.45, 7) is 0.680. The Labute approximate surface area is 162 Å². The molecule has 0 atom stereocenters. The number of aromatic nitrogens is 3. The van der Waals surface area contributed by atoms with E-state index >= 15 is 0 Å². The lowest BCUT2D eigenvalue weighted by molar-refractivity contribution is 0.487. The first-order valence-electron chi connectivity index (χ1n) is 8.38. The average Bonchev–Trinajstić information content (AvgIpc) is 3.20. The highest BCUT2D eigenvalue weighted by atomic mass is 32.2. The molecule has 0 unspecified atom stereocenters. The second-order valence-electron chi connectivity index (χ2n) is 5.95. The van der Waals surface area contributed by atoms with Crippen molar-refractivity contribution < 1.29 is 12.6 Å². The Kier molecular flexibility index (Phi) is 5.88. The highest BCUT2D eigenvalue weighted by Gasteiger charge is 2.10. The molecule has 2 N–H and O–H groups in total. The van der Waals surface area contributed by atoms with Gasteiger partial charge in [-0.1, -0.05) is 12.1 Å². The Balaban J connectivity index is 1.65. The Morgan fingerprint density at radius 1 is 1.07 bits per heavy atom. The zero-order valence-electron chi connectivity index (χ0n) is 14.8. The molecular weight excluding hydrogens is 380 g/mol. The van der Waals surface area contributed by atoms with Gasteiger partial charge in [0, 0.05) is 6.54 Å². The number of nitrogens with zero attached hydrogens (tertiary/aromatic N) is 5. The summed E-state index contributed by atoms with van der Waals surface area (Å²) in [6, 6.07) is 16.1. The van der Waals surface area contributed by atoms with E-state index in [1.807, 2.05) is 17.1 Å². The highest BCUT2D eigenvalue weighted by Crippen LogP contribution is 2.18. The van der Waals surface area contributed by atoms with Crippen molar-refractivity contribution in [1.29, 1.82) is 5.26 Å². The van der Waals surface area contributed by atoms with Gasteiger partial charge in [0.15, 0.2) is 0 Å². The van der Waals surface area contributed by atoms with Crippen LogP contribution in [0.2, 0.25) is 0 Å². The molecule has 0 fully saturated rings. The van der Waals surface area contributed by atoms with E-state index in [0.29, 0.717) is 12.1 Å². The first kappa shape index (κ1) is 19.3. The number of anilines is 1. The molecular formula is C18H18N6O3S. The van der Waals surface area contributed by atoms with Gasteiger partial charge < -0.3 is 4.18 Å². The van der Waals surface area contributed by atoms with Gasteiger partial charge in [-0.3, -0.25) is 5.01 Å². The van der Waals surface area contributed by atoms with Gasteiger partial charge in [-0.25, -0.2) is 4.68 Å². The van der Waals surface area contributed by atoms with Gasteiger partial charge in [0.1, 0.15) is 18.4 Å². The summed E-state index contributed by atoms with van der Waals surface area (Å²) in [5, 5.41) is 23.5. The molecule has 0 aliphatic heterocycles. The molecule has 0 radical (unpaired) electrons. The first-order valence-corrected chi connectivity index (χ1v) is 9.85. The standard InChI is InChI=1S/C18H18N6O3S/c19-12-16-3-7-17(8-4-16)24(23-13-21-22-14-23)11-1-2-15-5-9-18(10-6-15)27-28(20,25)26/h3-10,13-14H,1-2,11H2,(H2,20,25,26). The number of benzene rings is 2. The van der Waals surface area contributed by atoms with Gasteiger partial charge in [0.25, 0.3) is 0 Å². The molecule has 3 aromatic rings. The maximum Gasteiger partial charge on any atom is 0.380 e. The van der Waals surface area contributed by atoms with Crippen LogP contribution in [0.15, 0.2) is 61.2 Å². The molecule has 28 heavy (non-hydrogen) atoms. The molecule has 0 amide bonds. The van der Waals surface area contributed by atoms with Crippen molar-refractivity contribution in [2.45, 2.75) is 12.8 Å². The third kappa shape index (κ3) is 5.29. The fourth-order valence-corrected chi connectivity index (χ4v) is 3.06. The molecule has 10 heteroatoms. The third-order valence-corrected chi connectivity index (χ3v) is 4.38. The van der Waals surface area contributed by atoms with Crippen molar-refractivity contribution in [3.8, 4) is 11.8 Å². The number of nitrogens with two attached hydrogens (primary N) is 1. The van der Waals surface area contributed by atoms with Crippen molar-refractivity contribution in [2.24, 2.45) is 5.14 Å². The topological polar surface area (TPSA) is 127 Å². The quantitative estimate of drug-likeness (QED) is 0.611. The summed E-state index contributed by atoms with van der Waals surface area (Å²) in [5.41, 5.74) is 2.54. The zero-order valence-corrected chi connectivity index (χ0v) is 15.7. The van der Waals surface area contributed by atoms with Crippen LogP contribution in [0.25, 0.3) is 0 Å². The Morgan fingerprint density at radius 2 is 1.71 bits per heavy atom. The van der Waals surface area contributed by atoms with Crippen LogP contribution >= 0.6 is 0 Å². The average molecular weight is 398 g/mol. The van der Waals surface area contributed by atoms with Gasteiger partial charge >= 0.3 is 10.3 Å². The number of hydrogen-bond donors (Lipinski definition) is 1. The lowest BCUT2D eigenvalue weighted by Crippen LogP contribution is -2.29. The van der Waals surface area contributed by atoms with Crippen LogP contribution in [0.4, 0.5) is 5.69 Å². The fraction of sp³-hybridized carbons (Fsp3) is 0.167. The molecule has 1 aromatic heterocycles. The van der Waals surface area contributed by atoms with Crippen molar-refractivity contribution >= 4 is 16.0 Å². The second-order valence-corrected chi connectivity index (χ2v) is 7.10. The summed E-state index contributed by atoms with van der Waals surface area (Å²) in [5.74, 6) is 0.176. The van der Waals surface area contributed by atoms with E-state index in [1.165, 1.54) is 0 Å². The Morgan fingerprint density at radius 3 is 2.29 bits per heavy atom. The van der Waals surface area contributed by atoms with Gasteiger partial charge in [-0.2, -0.15) is 18.8 Å². The second kappa shape index (κ2) is 8.51. The summed E-state index contributed by atoms with van der Waals surface area (Å²) in [4.78, 5) is 0. The smallest absolute Gasteiger partial charge is 0.371 e. The first-order chi connectivity index (χ1) is 13.4. The molecule has 9 nitrogen and oxygen atoms in total. The molecule has 0 saturated heterocycles. The zero-order chi connectivity index (χ0) is 20.0. The lowest BCUT2D eigenvalue weighted by Gasteiger charge is -2.25. The summed E-state index contributed by atoms with van der Waals surface area (Å²) < 4.78 is 28.3. The minimum absolute atomic E-state index is 0.176. The summed E-state index contributed by atoms with van der Waals surface area (Å²) >= 11 is 0. The maximum atomic E-state index is 10.9. The van der Waals surface area contributed by atoms with Crippen LogP contribution in [0.5, 0.6) is 5.75 Å². The minimum atomic E-state index is -4.02. The van der Waals surface area contributed by atoms with E-state index in [9.17, 15) is 8.42 Å². The monoisotopic (exact) mass is 398 g/mol. The number of rotatable bonds is 8. The molecule has 0 aliphatic rings. The van der Waals surface area contributed by atoms with Gasteiger partial charge in [-0.05, 0) is 54.8 Å². The van der Waals surface area contributed by atoms with E-state index < -0.39 is 10.3 Å². The van der Waals surface area contributed by atoms with Gasteiger partial charge in [0.2, 0.25) is 0 Å². The number of nitriles is 1.